The summed E-state index contributed by atoms with van der Waals surface area (Å²) in [6.45, 7) is 7.46. The number of carbonyl (C=O) groups excluding carboxylic acids is 2. The summed E-state index contributed by atoms with van der Waals surface area (Å²) in [6, 6.07) is 7.46. The normalized spacial score (nSPS) is 15.7. The summed E-state index contributed by atoms with van der Waals surface area (Å²) >= 11 is 0. The van der Waals surface area contributed by atoms with E-state index in [-0.39, 0.29) is 0 Å². The summed E-state index contributed by atoms with van der Waals surface area (Å²) < 4.78 is 16.0. The highest BCUT2D eigenvalue weighted by Crippen LogP contribution is 2.46. The Balaban J connectivity index is 2.26. The Kier molecular flexibility index (Phi) is 5.49. The monoisotopic (exact) mass is 368 g/mol. The smallest absolute Gasteiger partial charge is 0.437 e. The number of hydrogen-bond acceptors (Lipinski definition) is 5. The van der Waals surface area contributed by atoms with Crippen LogP contribution in [0.25, 0.3) is 10.8 Å². The zero-order chi connectivity index (χ0) is 19.6. The molecule has 5 heteroatoms. The molecule has 0 bridgehead atoms. The van der Waals surface area contributed by atoms with Crippen LogP contribution >= 0.6 is 0 Å². The number of carbonyl (C=O) groups is 2. The van der Waals surface area contributed by atoms with E-state index in [4.69, 9.17) is 14.2 Å². The van der Waals surface area contributed by atoms with Gasteiger partial charge in [0.15, 0.2) is 0 Å². The zero-order valence-corrected chi connectivity index (χ0v) is 16.0. The van der Waals surface area contributed by atoms with Crippen LogP contribution in [0.15, 0.2) is 36.4 Å². The van der Waals surface area contributed by atoms with Crippen LogP contribution in [-0.4, -0.2) is 19.2 Å². The van der Waals surface area contributed by atoms with E-state index in [9.17, 15) is 9.59 Å². The summed E-state index contributed by atoms with van der Waals surface area (Å²) in [4.78, 5) is 24.1. The van der Waals surface area contributed by atoms with Crippen LogP contribution in [0.2, 0.25) is 0 Å². The Hall–Kier alpha value is -2.82. The second-order valence-electron chi connectivity index (χ2n) is 6.90. The van der Waals surface area contributed by atoms with Gasteiger partial charge < -0.3 is 14.2 Å². The van der Waals surface area contributed by atoms with E-state index >= 15 is 0 Å². The van der Waals surface area contributed by atoms with E-state index in [1.165, 1.54) is 7.11 Å². The van der Waals surface area contributed by atoms with E-state index < -0.39 is 12.1 Å². The number of ether oxygens (including phenoxy) is 3. The van der Waals surface area contributed by atoms with Crippen LogP contribution in [0.3, 0.4) is 0 Å². The van der Waals surface area contributed by atoms with Crippen LogP contribution in [-0.2, 0) is 22.4 Å². The van der Waals surface area contributed by atoms with E-state index in [2.05, 4.69) is 13.5 Å². The Morgan fingerprint density at radius 3 is 2.30 bits per heavy atom. The van der Waals surface area contributed by atoms with Gasteiger partial charge >= 0.3 is 12.1 Å². The first-order valence-electron chi connectivity index (χ1n) is 9.16. The highest BCUT2D eigenvalue weighted by Gasteiger charge is 2.29. The molecule has 3 rings (SSSR count). The molecule has 0 spiro atoms. The number of esters is 1. The molecule has 1 atom stereocenters. The van der Waals surface area contributed by atoms with Crippen molar-refractivity contribution in [2.24, 2.45) is 5.92 Å². The lowest BCUT2D eigenvalue weighted by molar-refractivity contribution is -0.130. The van der Waals surface area contributed by atoms with Crippen molar-refractivity contribution < 1.29 is 23.8 Å². The molecule has 5 nitrogen and oxygen atoms in total. The molecule has 27 heavy (non-hydrogen) atoms. The molecule has 2 aromatic rings. The molecule has 0 N–H and O–H groups in total. The topological polar surface area (TPSA) is 61.8 Å². The third-order valence-corrected chi connectivity index (χ3v) is 5.10. The van der Waals surface area contributed by atoms with Crippen molar-refractivity contribution in [3.63, 3.8) is 0 Å². The van der Waals surface area contributed by atoms with Crippen molar-refractivity contribution >= 4 is 22.9 Å². The van der Waals surface area contributed by atoms with Crippen molar-refractivity contribution in [3.05, 3.63) is 47.5 Å². The maximum atomic E-state index is 12.3. The lowest BCUT2D eigenvalue weighted by Gasteiger charge is -2.28. The maximum absolute atomic E-state index is 12.3. The second kappa shape index (κ2) is 7.82. The minimum Gasteiger partial charge on any atom is -0.437 e. The Bertz CT molecular complexity index is 913. The third-order valence-electron chi connectivity index (χ3n) is 5.10. The number of fused-ring (bicyclic) bond motifs is 2. The van der Waals surface area contributed by atoms with Crippen LogP contribution in [0.5, 0.6) is 11.5 Å². The van der Waals surface area contributed by atoms with Gasteiger partial charge in [0, 0.05) is 27.5 Å². The molecular formula is C22H24O5. The summed E-state index contributed by atoms with van der Waals surface area (Å²) in [7, 11) is 1.28. The van der Waals surface area contributed by atoms with E-state index in [1.807, 2.05) is 24.3 Å². The predicted octanol–water partition coefficient (Wildman–Crippen LogP) is 4.98. The van der Waals surface area contributed by atoms with Crippen LogP contribution < -0.4 is 9.47 Å². The molecule has 1 unspecified atom stereocenters. The fourth-order valence-corrected chi connectivity index (χ4v) is 3.58. The van der Waals surface area contributed by atoms with Crippen molar-refractivity contribution in [2.45, 2.75) is 39.5 Å². The molecule has 0 radical (unpaired) electrons. The first-order chi connectivity index (χ1) is 13.0. The first kappa shape index (κ1) is 19.0. The Morgan fingerprint density at radius 1 is 1.11 bits per heavy atom. The molecule has 0 aromatic heterocycles. The average Bonchev–Trinajstić information content (AvgIpc) is 2.69. The quantitative estimate of drug-likeness (QED) is 0.330. The van der Waals surface area contributed by atoms with Crippen LogP contribution in [0.1, 0.15) is 37.8 Å². The molecule has 2 aromatic carbocycles. The van der Waals surface area contributed by atoms with Gasteiger partial charge in [0.05, 0.1) is 7.11 Å². The van der Waals surface area contributed by atoms with Crippen molar-refractivity contribution in [2.75, 3.05) is 7.11 Å². The minimum absolute atomic E-state index is 0.338. The van der Waals surface area contributed by atoms with Gasteiger partial charge in [-0.1, -0.05) is 44.2 Å². The molecular weight excluding hydrogens is 344 g/mol. The molecule has 1 aliphatic carbocycles. The maximum Gasteiger partial charge on any atom is 0.513 e. The van der Waals surface area contributed by atoms with Crippen molar-refractivity contribution in [1.29, 1.82) is 0 Å². The molecule has 0 fully saturated rings. The molecule has 142 valence electrons. The summed E-state index contributed by atoms with van der Waals surface area (Å²) in [5.74, 6) is 1.08. The van der Waals surface area contributed by atoms with E-state index in [1.54, 1.807) is 6.92 Å². The predicted molar refractivity (Wildman–Crippen MR) is 103 cm³/mol. The van der Waals surface area contributed by atoms with Gasteiger partial charge in [-0.3, -0.25) is 0 Å². The van der Waals surface area contributed by atoms with Crippen molar-refractivity contribution in [3.8, 4) is 11.5 Å². The van der Waals surface area contributed by atoms with Crippen LogP contribution in [0.4, 0.5) is 4.79 Å². The number of methoxy groups -OCH3 is 1. The van der Waals surface area contributed by atoms with E-state index in [0.29, 0.717) is 23.0 Å². The number of rotatable bonds is 4. The Morgan fingerprint density at radius 2 is 1.74 bits per heavy atom. The average molecular weight is 368 g/mol. The fraction of sp³-hybridized carbons (Fsp3) is 0.364. The molecule has 0 saturated carbocycles. The lowest BCUT2D eigenvalue weighted by atomic mass is 9.80. The van der Waals surface area contributed by atoms with Gasteiger partial charge in [0.25, 0.3) is 0 Å². The summed E-state index contributed by atoms with van der Waals surface area (Å²) in [5, 5.41) is 1.46. The standard InChI is InChI=1S/C22H24O5/c1-5-14-10-11-17-18(12-14)20(26-21(23)13(2)3)16-9-7-6-8-15(16)19(17)27-22(24)25-4/h6-9,14H,2,5,10-12H2,1,3-4H3. The summed E-state index contributed by atoms with van der Waals surface area (Å²) in [6.07, 6.45) is 2.79. The highest BCUT2D eigenvalue weighted by molar-refractivity contribution is 6.00. The van der Waals surface area contributed by atoms with Gasteiger partial charge in [-0.25, -0.2) is 9.59 Å². The molecule has 0 aliphatic heterocycles. The van der Waals surface area contributed by atoms with Gasteiger partial charge in [-0.15, -0.1) is 0 Å². The van der Waals surface area contributed by atoms with Gasteiger partial charge in [0.2, 0.25) is 0 Å². The summed E-state index contributed by atoms with van der Waals surface area (Å²) in [5.41, 5.74) is 2.18. The largest absolute Gasteiger partial charge is 0.513 e. The fourth-order valence-electron chi connectivity index (χ4n) is 3.58. The van der Waals surface area contributed by atoms with Gasteiger partial charge in [-0.2, -0.15) is 0 Å². The lowest BCUT2D eigenvalue weighted by Crippen LogP contribution is -2.20. The SMILES string of the molecule is C=C(C)C(=O)Oc1c2c(c(OC(=O)OC)c3ccccc13)CCC(CC)C2. The molecule has 0 saturated heterocycles. The third kappa shape index (κ3) is 3.68. The highest BCUT2D eigenvalue weighted by atomic mass is 16.7. The van der Waals surface area contributed by atoms with Crippen molar-refractivity contribution in [1.82, 2.24) is 0 Å². The van der Waals surface area contributed by atoms with Gasteiger partial charge in [-0.05, 0) is 32.1 Å². The Labute approximate surface area is 158 Å². The molecule has 1 aliphatic rings. The molecule has 0 amide bonds. The number of hydrogen-bond donors (Lipinski definition) is 0. The van der Waals surface area contributed by atoms with Gasteiger partial charge in [0.1, 0.15) is 11.5 Å². The second-order valence-corrected chi connectivity index (χ2v) is 6.90. The number of benzene rings is 2. The first-order valence-corrected chi connectivity index (χ1v) is 9.16. The van der Waals surface area contributed by atoms with E-state index in [0.717, 1.165) is 47.6 Å². The minimum atomic E-state index is -0.758. The zero-order valence-electron chi connectivity index (χ0n) is 16.0. The van der Waals surface area contributed by atoms with Crippen LogP contribution in [0, 0.1) is 5.92 Å². The molecule has 0 heterocycles.